The third-order valence-electron chi connectivity index (χ3n) is 3.46. The quantitative estimate of drug-likeness (QED) is 0.656. The average Bonchev–Trinajstić information content (AvgIpc) is 2.55. The van der Waals surface area contributed by atoms with Gasteiger partial charge in [-0.1, -0.05) is 17.7 Å². The van der Waals surface area contributed by atoms with Gasteiger partial charge in [0.2, 0.25) is 0 Å². The molecule has 120 valence electrons. The third-order valence-corrected chi connectivity index (χ3v) is 3.46. The minimum absolute atomic E-state index is 0.0361. The standard InChI is InChI=1S/C17H18N2O4/c1-12-3-8-16(23-2)14(11-12)9-10-18-17(20)13-4-6-15(7-5-13)19(21)22/h3-8,11H,9-10H2,1-2H3,(H,18,20). The van der Waals surface area contributed by atoms with Crippen LogP contribution in [0.15, 0.2) is 42.5 Å². The molecule has 0 atom stereocenters. The smallest absolute Gasteiger partial charge is 0.269 e. The van der Waals surface area contributed by atoms with Crippen LogP contribution in [-0.4, -0.2) is 24.5 Å². The van der Waals surface area contributed by atoms with Gasteiger partial charge >= 0.3 is 0 Å². The van der Waals surface area contributed by atoms with E-state index in [1.165, 1.54) is 24.3 Å². The first-order chi connectivity index (χ1) is 11.0. The first-order valence-electron chi connectivity index (χ1n) is 7.17. The summed E-state index contributed by atoms with van der Waals surface area (Å²) in [7, 11) is 1.61. The highest BCUT2D eigenvalue weighted by atomic mass is 16.6. The number of aryl methyl sites for hydroxylation is 1. The van der Waals surface area contributed by atoms with Crippen molar-refractivity contribution in [2.75, 3.05) is 13.7 Å². The second-order valence-electron chi connectivity index (χ2n) is 5.13. The molecule has 0 saturated heterocycles. The second kappa shape index (κ2) is 7.40. The number of nitrogens with one attached hydrogen (secondary N) is 1. The van der Waals surface area contributed by atoms with Gasteiger partial charge in [0.25, 0.3) is 11.6 Å². The Bertz CT molecular complexity index is 711. The molecule has 0 aliphatic heterocycles. The summed E-state index contributed by atoms with van der Waals surface area (Å²) in [5.74, 6) is 0.534. The fourth-order valence-electron chi connectivity index (χ4n) is 2.25. The number of nitrogens with zero attached hydrogens (tertiary/aromatic N) is 1. The molecule has 1 amide bonds. The topological polar surface area (TPSA) is 81.5 Å². The molecule has 0 saturated carbocycles. The molecule has 0 aliphatic carbocycles. The van der Waals surface area contributed by atoms with Crippen LogP contribution in [0.1, 0.15) is 21.5 Å². The molecule has 1 N–H and O–H groups in total. The normalized spacial score (nSPS) is 10.2. The molecule has 0 bridgehead atoms. The number of carbonyl (C=O) groups is 1. The van der Waals surface area contributed by atoms with Crippen LogP contribution < -0.4 is 10.1 Å². The first kappa shape index (κ1) is 16.5. The van der Waals surface area contributed by atoms with E-state index in [0.717, 1.165) is 16.9 Å². The van der Waals surface area contributed by atoms with Gasteiger partial charge in [0.05, 0.1) is 12.0 Å². The molecule has 6 nitrogen and oxygen atoms in total. The van der Waals surface area contributed by atoms with Gasteiger partial charge in [0.1, 0.15) is 5.75 Å². The Morgan fingerprint density at radius 1 is 1.22 bits per heavy atom. The highest BCUT2D eigenvalue weighted by Crippen LogP contribution is 2.19. The Morgan fingerprint density at radius 2 is 1.91 bits per heavy atom. The van der Waals surface area contributed by atoms with E-state index in [4.69, 9.17) is 4.74 Å². The Labute approximate surface area is 134 Å². The van der Waals surface area contributed by atoms with Crippen LogP contribution in [0.5, 0.6) is 5.75 Å². The van der Waals surface area contributed by atoms with Gasteiger partial charge in [0.15, 0.2) is 0 Å². The molecule has 2 aromatic carbocycles. The summed E-state index contributed by atoms with van der Waals surface area (Å²) in [6.07, 6.45) is 0.642. The van der Waals surface area contributed by atoms with Gasteiger partial charge in [-0.05, 0) is 37.1 Å². The van der Waals surface area contributed by atoms with Crippen LogP contribution in [0, 0.1) is 17.0 Å². The van der Waals surface area contributed by atoms with Crippen LogP contribution >= 0.6 is 0 Å². The Kier molecular flexibility index (Phi) is 5.30. The van der Waals surface area contributed by atoms with E-state index in [-0.39, 0.29) is 11.6 Å². The van der Waals surface area contributed by atoms with E-state index in [9.17, 15) is 14.9 Å². The SMILES string of the molecule is COc1ccc(C)cc1CCNC(=O)c1ccc([N+](=O)[O-])cc1. The van der Waals surface area contributed by atoms with Gasteiger partial charge in [0, 0.05) is 24.2 Å². The van der Waals surface area contributed by atoms with E-state index in [2.05, 4.69) is 5.32 Å². The zero-order chi connectivity index (χ0) is 16.8. The molecule has 23 heavy (non-hydrogen) atoms. The Hall–Kier alpha value is -2.89. The van der Waals surface area contributed by atoms with E-state index in [1.54, 1.807) is 7.11 Å². The predicted molar refractivity (Wildman–Crippen MR) is 86.9 cm³/mol. The number of non-ortho nitro benzene ring substituents is 1. The van der Waals surface area contributed by atoms with Crippen molar-refractivity contribution in [3.05, 3.63) is 69.3 Å². The lowest BCUT2D eigenvalue weighted by Gasteiger charge is -2.10. The van der Waals surface area contributed by atoms with Gasteiger partial charge in [-0.2, -0.15) is 0 Å². The molecule has 6 heteroatoms. The van der Waals surface area contributed by atoms with Gasteiger partial charge in [-0.15, -0.1) is 0 Å². The highest BCUT2D eigenvalue weighted by Gasteiger charge is 2.09. The van der Waals surface area contributed by atoms with Crippen molar-refractivity contribution in [1.29, 1.82) is 0 Å². The third kappa shape index (κ3) is 4.29. The van der Waals surface area contributed by atoms with Crippen LogP contribution in [0.4, 0.5) is 5.69 Å². The molecule has 0 radical (unpaired) electrons. The maximum Gasteiger partial charge on any atom is 0.269 e. The number of amides is 1. The lowest BCUT2D eigenvalue weighted by Crippen LogP contribution is -2.25. The first-order valence-corrected chi connectivity index (χ1v) is 7.17. The number of rotatable bonds is 6. The molecular formula is C17H18N2O4. The largest absolute Gasteiger partial charge is 0.496 e. The summed E-state index contributed by atoms with van der Waals surface area (Å²) in [6, 6.07) is 11.4. The van der Waals surface area contributed by atoms with E-state index < -0.39 is 4.92 Å². The summed E-state index contributed by atoms with van der Waals surface area (Å²) in [4.78, 5) is 22.1. The molecule has 0 aromatic heterocycles. The molecule has 0 fully saturated rings. The van der Waals surface area contributed by atoms with Gasteiger partial charge < -0.3 is 10.1 Å². The molecule has 0 heterocycles. The number of ether oxygens (including phenoxy) is 1. The number of hydrogen-bond donors (Lipinski definition) is 1. The zero-order valence-electron chi connectivity index (χ0n) is 13.0. The molecular weight excluding hydrogens is 296 g/mol. The van der Waals surface area contributed by atoms with Crippen molar-refractivity contribution < 1.29 is 14.5 Å². The summed E-state index contributed by atoms with van der Waals surface area (Å²) in [5, 5.41) is 13.4. The molecule has 2 aromatic rings. The summed E-state index contributed by atoms with van der Waals surface area (Å²) >= 11 is 0. The van der Waals surface area contributed by atoms with Crippen molar-refractivity contribution in [2.24, 2.45) is 0 Å². The number of nitro groups is 1. The Morgan fingerprint density at radius 3 is 2.52 bits per heavy atom. The number of hydrogen-bond acceptors (Lipinski definition) is 4. The van der Waals surface area contributed by atoms with E-state index >= 15 is 0 Å². The van der Waals surface area contributed by atoms with Crippen molar-refractivity contribution in [2.45, 2.75) is 13.3 Å². The average molecular weight is 314 g/mol. The molecule has 0 spiro atoms. The summed E-state index contributed by atoms with van der Waals surface area (Å²) in [6.45, 7) is 2.45. The molecule has 0 unspecified atom stereocenters. The fourth-order valence-corrected chi connectivity index (χ4v) is 2.25. The van der Waals surface area contributed by atoms with Crippen molar-refractivity contribution in [3.63, 3.8) is 0 Å². The second-order valence-corrected chi connectivity index (χ2v) is 5.13. The maximum absolute atomic E-state index is 12.0. The van der Waals surface area contributed by atoms with Crippen LogP contribution in [0.3, 0.4) is 0 Å². The van der Waals surface area contributed by atoms with Gasteiger partial charge in [-0.25, -0.2) is 0 Å². The number of nitro benzene ring substituents is 1. The zero-order valence-corrected chi connectivity index (χ0v) is 13.0. The predicted octanol–water partition coefficient (Wildman–Crippen LogP) is 2.88. The van der Waals surface area contributed by atoms with Gasteiger partial charge in [-0.3, -0.25) is 14.9 Å². The minimum Gasteiger partial charge on any atom is -0.496 e. The molecule has 2 rings (SSSR count). The van der Waals surface area contributed by atoms with Crippen molar-refractivity contribution in [1.82, 2.24) is 5.32 Å². The maximum atomic E-state index is 12.0. The van der Waals surface area contributed by atoms with Crippen molar-refractivity contribution >= 4 is 11.6 Å². The molecule has 0 aliphatic rings. The monoisotopic (exact) mass is 314 g/mol. The van der Waals surface area contributed by atoms with E-state index in [0.29, 0.717) is 18.5 Å². The lowest BCUT2D eigenvalue weighted by molar-refractivity contribution is -0.384. The number of benzene rings is 2. The Balaban J connectivity index is 1.94. The number of carbonyl (C=O) groups excluding carboxylic acids is 1. The highest BCUT2D eigenvalue weighted by molar-refractivity contribution is 5.94. The minimum atomic E-state index is -0.494. The fraction of sp³-hybridized carbons (Fsp3) is 0.235. The summed E-state index contributed by atoms with van der Waals surface area (Å²) < 4.78 is 5.30. The number of methoxy groups -OCH3 is 1. The van der Waals surface area contributed by atoms with E-state index in [1.807, 2.05) is 25.1 Å². The van der Waals surface area contributed by atoms with Crippen LogP contribution in [-0.2, 0) is 6.42 Å². The summed E-state index contributed by atoms with van der Waals surface area (Å²) in [5.41, 5.74) is 2.51. The lowest BCUT2D eigenvalue weighted by atomic mass is 10.1. The van der Waals surface area contributed by atoms with Crippen molar-refractivity contribution in [3.8, 4) is 5.75 Å². The van der Waals surface area contributed by atoms with Crippen LogP contribution in [0.25, 0.3) is 0 Å². The van der Waals surface area contributed by atoms with Crippen LogP contribution in [0.2, 0.25) is 0 Å².